The van der Waals surface area contributed by atoms with Gasteiger partial charge >= 0.3 is 0 Å². The van der Waals surface area contributed by atoms with Gasteiger partial charge in [0.2, 0.25) is 0 Å². The molecular formula is C68H48N2. The molecule has 330 valence electrons. The maximum Gasteiger partial charge on any atom is 0.160 e. The molecule has 2 nitrogen and oxygen atoms in total. The average molecular weight is 893 g/mol. The van der Waals surface area contributed by atoms with E-state index in [2.05, 4.69) is 213 Å². The van der Waals surface area contributed by atoms with E-state index in [4.69, 9.17) is 16.5 Å². The van der Waals surface area contributed by atoms with Gasteiger partial charge in [-0.15, -0.1) is 0 Å². The van der Waals surface area contributed by atoms with Gasteiger partial charge in [-0.05, 0) is 119 Å². The van der Waals surface area contributed by atoms with Gasteiger partial charge in [0, 0.05) is 16.7 Å². The summed E-state index contributed by atoms with van der Waals surface area (Å²) in [5.41, 5.74) is 26.1. The molecule has 1 aromatic heterocycles. The summed E-state index contributed by atoms with van der Waals surface area (Å²) in [6.45, 7) is 7.07. The van der Waals surface area contributed by atoms with Gasteiger partial charge in [-0.3, -0.25) is 0 Å². The van der Waals surface area contributed by atoms with E-state index in [9.17, 15) is 0 Å². The first kappa shape index (κ1) is 40.6. The van der Waals surface area contributed by atoms with Gasteiger partial charge in [0.1, 0.15) is 0 Å². The van der Waals surface area contributed by atoms with E-state index in [1.807, 2.05) is 24.3 Å². The van der Waals surface area contributed by atoms with Gasteiger partial charge in [0.25, 0.3) is 0 Å². The van der Waals surface area contributed by atoms with Crippen LogP contribution in [-0.4, -0.2) is 9.97 Å². The van der Waals surface area contributed by atoms with Crippen molar-refractivity contribution < 1.29 is 0 Å². The molecule has 0 amide bonds. The van der Waals surface area contributed by atoms with E-state index in [1.165, 1.54) is 89.0 Å². The third kappa shape index (κ3) is 5.62. The summed E-state index contributed by atoms with van der Waals surface area (Å²) in [6.07, 6.45) is 15.5. The number of hydrogen-bond donors (Lipinski definition) is 0. The lowest BCUT2D eigenvalue weighted by Crippen LogP contribution is -2.45. The van der Waals surface area contributed by atoms with Crippen molar-refractivity contribution in [1.82, 2.24) is 9.97 Å². The fourth-order valence-corrected chi connectivity index (χ4v) is 13.2. The molecule has 2 spiro atoms. The molecule has 0 bridgehead atoms. The van der Waals surface area contributed by atoms with Gasteiger partial charge < -0.3 is 0 Å². The molecular weight excluding hydrogens is 845 g/mol. The van der Waals surface area contributed by atoms with Gasteiger partial charge in [-0.25, -0.2) is 9.97 Å². The first-order valence-corrected chi connectivity index (χ1v) is 24.7. The molecule has 70 heavy (non-hydrogen) atoms. The largest absolute Gasteiger partial charge is 0.228 e. The highest BCUT2D eigenvalue weighted by molar-refractivity contribution is 5.99. The first-order chi connectivity index (χ1) is 34.5. The minimum atomic E-state index is -0.670. The highest BCUT2D eigenvalue weighted by atomic mass is 14.9. The van der Waals surface area contributed by atoms with Crippen LogP contribution >= 0.6 is 0 Å². The minimum Gasteiger partial charge on any atom is -0.228 e. The van der Waals surface area contributed by atoms with Crippen molar-refractivity contribution in [1.29, 1.82) is 0 Å². The molecule has 1 heterocycles. The van der Waals surface area contributed by atoms with Gasteiger partial charge in [0.15, 0.2) is 5.82 Å². The summed E-state index contributed by atoms with van der Waals surface area (Å²) in [7, 11) is 0. The standard InChI is InChI=1S/C68H48N2/c1-43-33-38-52-51-24-12-13-28-56(51)67(61(52)41-43)57-29-14-16-31-59(57)68(60-32-17-15-30-58(60)67)64-50(26-18-27-54(64)55-40-39-49-44(2)19-6-3-11-25-53(49)65(55)68)45-34-36-47(37-35-45)63-42-62(46-20-7-4-8-21-46)69-66(70-63)48-22-9-5-10-23-48/h3-24,26-40,42-43H,2,25,41H2,1H3/b11-3-,19-6-. The molecule has 5 aliphatic carbocycles. The van der Waals surface area contributed by atoms with Crippen molar-refractivity contribution in [2.75, 3.05) is 0 Å². The predicted octanol–water partition coefficient (Wildman–Crippen LogP) is 16.2. The van der Waals surface area contributed by atoms with Crippen LogP contribution in [0, 0.1) is 5.92 Å². The summed E-state index contributed by atoms with van der Waals surface area (Å²) >= 11 is 0. The fraction of sp³-hybridized carbons (Fsp3) is 0.0882. The molecule has 5 aliphatic rings. The molecule has 2 heteroatoms. The molecule has 1 unspecified atom stereocenters. The van der Waals surface area contributed by atoms with Crippen LogP contribution in [0.3, 0.4) is 0 Å². The Kier molecular flexibility index (Phi) is 9.01. The molecule has 1 atom stereocenters. The molecule has 14 rings (SSSR count). The highest BCUT2D eigenvalue weighted by Gasteiger charge is 2.60. The minimum absolute atomic E-state index is 0.422. The Morgan fingerprint density at radius 2 is 1.00 bits per heavy atom. The Balaban J connectivity index is 1.04. The second kappa shape index (κ2) is 15.5. The smallest absolute Gasteiger partial charge is 0.160 e. The maximum absolute atomic E-state index is 5.21. The van der Waals surface area contributed by atoms with Crippen molar-refractivity contribution >= 4 is 11.1 Å². The topological polar surface area (TPSA) is 25.8 Å². The number of fused-ring (bicyclic) bond motifs is 17. The Labute approximate surface area is 410 Å². The number of hydrogen-bond acceptors (Lipinski definition) is 2. The second-order valence-corrected chi connectivity index (χ2v) is 19.6. The SMILES string of the molecule is C=C1/C=C\C=C/Cc2c1ccc1c2C2(c3ccccc3C3(C4=C(C=CC(C)C4)c4ccccc43)c3ccccc32)c2c(-c3ccc(-c4cc(-c5ccccc5)nc(-c5ccccc5)n4)cc3)cccc2-1. The summed E-state index contributed by atoms with van der Waals surface area (Å²) < 4.78 is 0. The van der Waals surface area contributed by atoms with Crippen molar-refractivity contribution in [3.8, 4) is 56.2 Å². The normalized spacial score (nSPS) is 20.6. The number of rotatable bonds is 4. The van der Waals surface area contributed by atoms with E-state index in [0.29, 0.717) is 11.7 Å². The summed E-state index contributed by atoms with van der Waals surface area (Å²) in [5.74, 6) is 1.13. The van der Waals surface area contributed by atoms with E-state index in [-0.39, 0.29) is 0 Å². The average Bonchev–Trinajstić information content (AvgIpc) is 3.88. The van der Waals surface area contributed by atoms with E-state index >= 15 is 0 Å². The molecule has 9 aromatic rings. The van der Waals surface area contributed by atoms with Gasteiger partial charge in [-0.2, -0.15) is 0 Å². The van der Waals surface area contributed by atoms with Crippen LogP contribution in [0.15, 0.2) is 243 Å². The Bertz CT molecular complexity index is 3680. The second-order valence-electron chi connectivity index (χ2n) is 19.6. The molecule has 8 aromatic carbocycles. The highest BCUT2D eigenvalue weighted by Crippen LogP contribution is 2.69. The lowest BCUT2D eigenvalue weighted by molar-refractivity contribution is 0.575. The van der Waals surface area contributed by atoms with Crippen LogP contribution in [0.2, 0.25) is 0 Å². The van der Waals surface area contributed by atoms with Crippen LogP contribution in [0.4, 0.5) is 0 Å². The first-order valence-electron chi connectivity index (χ1n) is 24.7. The van der Waals surface area contributed by atoms with Crippen LogP contribution in [-0.2, 0) is 17.3 Å². The molecule has 0 saturated carbocycles. The summed E-state index contributed by atoms with van der Waals surface area (Å²) in [6, 6.07) is 72.1. The Hall–Kier alpha value is -8.46. The monoisotopic (exact) mass is 892 g/mol. The molecule has 0 fully saturated rings. The Morgan fingerprint density at radius 1 is 0.457 bits per heavy atom. The number of benzene rings is 8. The van der Waals surface area contributed by atoms with Crippen molar-refractivity contribution in [2.24, 2.45) is 5.92 Å². The zero-order valence-electron chi connectivity index (χ0n) is 39.0. The number of nitrogens with zero attached hydrogens (tertiary/aromatic N) is 2. The zero-order chi connectivity index (χ0) is 46.6. The van der Waals surface area contributed by atoms with E-state index < -0.39 is 10.8 Å². The fourth-order valence-electron chi connectivity index (χ4n) is 13.2. The van der Waals surface area contributed by atoms with Crippen molar-refractivity contribution in [2.45, 2.75) is 30.6 Å². The predicted molar refractivity (Wildman–Crippen MR) is 288 cm³/mol. The number of allylic oxidation sites excluding steroid dienone is 9. The summed E-state index contributed by atoms with van der Waals surface area (Å²) in [5, 5.41) is 0. The molecule has 0 aliphatic heterocycles. The van der Waals surface area contributed by atoms with Crippen LogP contribution < -0.4 is 0 Å². The Morgan fingerprint density at radius 3 is 1.70 bits per heavy atom. The van der Waals surface area contributed by atoms with Crippen LogP contribution in [0.5, 0.6) is 0 Å². The maximum atomic E-state index is 5.21. The summed E-state index contributed by atoms with van der Waals surface area (Å²) in [4.78, 5) is 10.3. The zero-order valence-corrected chi connectivity index (χ0v) is 39.0. The third-order valence-corrected chi connectivity index (χ3v) is 15.9. The van der Waals surface area contributed by atoms with Crippen molar-refractivity contribution in [3.05, 3.63) is 298 Å². The van der Waals surface area contributed by atoms with Crippen LogP contribution in [0.25, 0.3) is 67.3 Å². The lowest BCUT2D eigenvalue weighted by atomic mass is 9.50. The molecule has 0 saturated heterocycles. The quantitative estimate of drug-likeness (QED) is 0.176. The van der Waals surface area contributed by atoms with Crippen molar-refractivity contribution in [3.63, 3.8) is 0 Å². The van der Waals surface area contributed by atoms with E-state index in [1.54, 1.807) is 0 Å². The number of aromatic nitrogens is 2. The molecule has 0 N–H and O–H groups in total. The van der Waals surface area contributed by atoms with Gasteiger partial charge in [-0.1, -0.05) is 238 Å². The van der Waals surface area contributed by atoms with E-state index in [0.717, 1.165) is 46.5 Å². The third-order valence-electron chi connectivity index (χ3n) is 15.9. The lowest BCUT2D eigenvalue weighted by Gasteiger charge is -2.50. The van der Waals surface area contributed by atoms with Crippen LogP contribution in [0.1, 0.15) is 69.0 Å². The molecule has 0 radical (unpaired) electrons. The van der Waals surface area contributed by atoms with Gasteiger partial charge in [0.05, 0.1) is 22.2 Å².